The van der Waals surface area contributed by atoms with Gasteiger partial charge in [0.2, 0.25) is 10.0 Å². The summed E-state index contributed by atoms with van der Waals surface area (Å²) in [5, 5.41) is 9.12. The molecular weight excluding hydrogens is 323 g/mol. The Morgan fingerprint density at radius 3 is 2.36 bits per heavy atom. The van der Waals surface area contributed by atoms with Gasteiger partial charge in [-0.05, 0) is 25.3 Å². The number of carboxylic acid groups (broad SMARTS) is 1. The largest absolute Gasteiger partial charge is 0.481 e. The van der Waals surface area contributed by atoms with Gasteiger partial charge in [-0.2, -0.15) is 4.31 Å². The molecule has 0 spiro atoms. The van der Waals surface area contributed by atoms with Gasteiger partial charge in [-0.1, -0.05) is 0 Å². The van der Waals surface area contributed by atoms with Crippen molar-refractivity contribution in [1.29, 1.82) is 0 Å². The van der Waals surface area contributed by atoms with E-state index in [4.69, 9.17) is 5.11 Å². The van der Waals surface area contributed by atoms with Crippen molar-refractivity contribution in [1.82, 2.24) is 4.31 Å². The highest BCUT2D eigenvalue weighted by Gasteiger charge is 2.54. The Bertz CT molecular complexity index is 752. The smallest absolute Gasteiger partial charge is 0.308 e. The highest BCUT2D eigenvalue weighted by atomic mass is 32.2. The first-order valence-electron chi connectivity index (χ1n) is 6.64. The van der Waals surface area contributed by atoms with Crippen LogP contribution < -0.4 is 0 Å². The average molecular weight is 335 g/mol. The fourth-order valence-corrected chi connectivity index (χ4v) is 5.37. The molecule has 1 aromatic carbocycles. The molecule has 0 aliphatic carbocycles. The molecule has 9 heteroatoms. The first kappa shape index (κ1) is 15.3. The van der Waals surface area contributed by atoms with Gasteiger partial charge < -0.3 is 5.11 Å². The zero-order chi connectivity index (χ0) is 16.2. The van der Waals surface area contributed by atoms with Gasteiger partial charge in [-0.15, -0.1) is 0 Å². The molecule has 0 radical (unpaired) electrons. The molecule has 2 heterocycles. The molecule has 22 heavy (non-hydrogen) atoms. The first-order valence-corrected chi connectivity index (χ1v) is 8.08. The molecule has 3 rings (SSSR count). The minimum absolute atomic E-state index is 0.143. The first-order chi connectivity index (χ1) is 10.2. The third kappa shape index (κ3) is 2.11. The number of hydrogen-bond acceptors (Lipinski definition) is 3. The molecular formula is C13H12F3NO4S. The standard InChI is InChI=1S/C13H12F3NO4S/c14-8-4-10(16)12(5-9(8)15)22(20,21)17-6-1-2-11(17)7(3-6)13(18)19/h4-7,11H,1-3H2,(H,18,19). The van der Waals surface area contributed by atoms with E-state index in [1.165, 1.54) is 0 Å². The van der Waals surface area contributed by atoms with E-state index in [0.29, 0.717) is 18.9 Å². The monoisotopic (exact) mass is 335 g/mol. The summed E-state index contributed by atoms with van der Waals surface area (Å²) in [5.74, 6) is -6.32. The molecule has 0 saturated carbocycles. The quantitative estimate of drug-likeness (QED) is 0.854. The molecule has 2 saturated heterocycles. The maximum absolute atomic E-state index is 13.8. The van der Waals surface area contributed by atoms with Crippen molar-refractivity contribution in [3.05, 3.63) is 29.6 Å². The van der Waals surface area contributed by atoms with Gasteiger partial charge in [0.25, 0.3) is 0 Å². The van der Waals surface area contributed by atoms with Crippen LogP contribution in [0.1, 0.15) is 19.3 Å². The molecule has 3 unspecified atom stereocenters. The van der Waals surface area contributed by atoms with E-state index in [1.807, 2.05) is 0 Å². The molecule has 2 aliphatic heterocycles. The van der Waals surface area contributed by atoms with Crippen molar-refractivity contribution in [3.8, 4) is 0 Å². The number of rotatable bonds is 3. The normalized spacial score (nSPS) is 28.2. The average Bonchev–Trinajstić information content (AvgIpc) is 3.01. The van der Waals surface area contributed by atoms with Crippen LogP contribution in [-0.4, -0.2) is 35.9 Å². The summed E-state index contributed by atoms with van der Waals surface area (Å²) in [6, 6.07) is -0.855. The number of carbonyl (C=O) groups is 1. The Hall–Kier alpha value is -1.61. The minimum Gasteiger partial charge on any atom is -0.481 e. The summed E-state index contributed by atoms with van der Waals surface area (Å²) in [6.45, 7) is 0. The number of halogens is 3. The third-order valence-electron chi connectivity index (χ3n) is 4.32. The maximum Gasteiger partial charge on any atom is 0.308 e. The van der Waals surface area contributed by atoms with E-state index in [9.17, 15) is 26.4 Å². The molecule has 1 N–H and O–H groups in total. The van der Waals surface area contributed by atoms with Crippen LogP contribution in [-0.2, 0) is 14.8 Å². The van der Waals surface area contributed by atoms with Gasteiger partial charge in [0, 0.05) is 18.2 Å². The molecule has 2 aliphatic rings. The SMILES string of the molecule is O=C(O)C1CC2CCC1N2S(=O)(=O)c1cc(F)c(F)cc1F. The fourth-order valence-electron chi connectivity index (χ4n) is 3.39. The van der Waals surface area contributed by atoms with Crippen LogP contribution in [0.4, 0.5) is 13.2 Å². The van der Waals surface area contributed by atoms with Gasteiger partial charge in [-0.25, -0.2) is 21.6 Å². The summed E-state index contributed by atoms with van der Waals surface area (Å²) in [7, 11) is -4.42. The Kier molecular flexibility index (Phi) is 3.44. The summed E-state index contributed by atoms with van der Waals surface area (Å²) >= 11 is 0. The summed E-state index contributed by atoms with van der Waals surface area (Å²) < 4.78 is 66.1. The van der Waals surface area contributed by atoms with E-state index >= 15 is 0 Å². The van der Waals surface area contributed by atoms with E-state index in [0.717, 1.165) is 4.31 Å². The van der Waals surface area contributed by atoms with Crippen LogP contribution in [0, 0.1) is 23.4 Å². The molecule has 0 amide bonds. The second kappa shape index (κ2) is 4.95. The van der Waals surface area contributed by atoms with Crippen LogP contribution in [0.15, 0.2) is 17.0 Å². The molecule has 120 valence electrons. The van der Waals surface area contributed by atoms with E-state index in [-0.39, 0.29) is 12.5 Å². The molecule has 0 aromatic heterocycles. The van der Waals surface area contributed by atoms with Gasteiger partial charge in [0.15, 0.2) is 11.6 Å². The van der Waals surface area contributed by atoms with Gasteiger partial charge in [0.1, 0.15) is 10.7 Å². The number of aliphatic carboxylic acids is 1. The second-order valence-corrected chi connectivity index (χ2v) is 7.32. The molecule has 5 nitrogen and oxygen atoms in total. The highest BCUT2D eigenvalue weighted by Crippen LogP contribution is 2.45. The molecule has 2 fully saturated rings. The predicted molar refractivity (Wildman–Crippen MR) is 67.9 cm³/mol. The Morgan fingerprint density at radius 1 is 1.14 bits per heavy atom. The number of sulfonamides is 1. The molecule has 1 aromatic rings. The highest BCUT2D eigenvalue weighted by molar-refractivity contribution is 7.89. The van der Waals surface area contributed by atoms with Crippen molar-refractivity contribution in [2.24, 2.45) is 5.92 Å². The van der Waals surface area contributed by atoms with Crippen molar-refractivity contribution in [2.45, 2.75) is 36.2 Å². The van der Waals surface area contributed by atoms with Crippen LogP contribution in [0.5, 0.6) is 0 Å². The van der Waals surface area contributed by atoms with Crippen LogP contribution in [0.25, 0.3) is 0 Å². The third-order valence-corrected chi connectivity index (χ3v) is 6.31. The van der Waals surface area contributed by atoms with E-state index in [1.54, 1.807) is 0 Å². The van der Waals surface area contributed by atoms with Crippen LogP contribution in [0.3, 0.4) is 0 Å². The van der Waals surface area contributed by atoms with Gasteiger partial charge in [-0.3, -0.25) is 4.79 Å². The zero-order valence-electron chi connectivity index (χ0n) is 11.2. The lowest BCUT2D eigenvalue weighted by Crippen LogP contribution is -2.38. The van der Waals surface area contributed by atoms with E-state index in [2.05, 4.69) is 0 Å². The Balaban J connectivity index is 2.05. The zero-order valence-corrected chi connectivity index (χ0v) is 12.0. The molecule has 2 bridgehead atoms. The predicted octanol–water partition coefficient (Wildman–Crippen LogP) is 1.73. The van der Waals surface area contributed by atoms with Gasteiger partial charge >= 0.3 is 5.97 Å². The topological polar surface area (TPSA) is 74.7 Å². The van der Waals surface area contributed by atoms with Crippen LogP contribution in [0.2, 0.25) is 0 Å². The van der Waals surface area contributed by atoms with Crippen molar-refractivity contribution < 1.29 is 31.5 Å². The lowest BCUT2D eigenvalue weighted by Gasteiger charge is -2.22. The Labute approximate surface area is 124 Å². The number of fused-ring (bicyclic) bond motifs is 2. The molecule has 3 atom stereocenters. The summed E-state index contributed by atoms with van der Waals surface area (Å²) in [6.07, 6.45) is 0.968. The Morgan fingerprint density at radius 2 is 1.77 bits per heavy atom. The van der Waals surface area contributed by atoms with Crippen LogP contribution >= 0.6 is 0 Å². The number of hydrogen-bond donors (Lipinski definition) is 1. The number of nitrogens with zero attached hydrogens (tertiary/aromatic N) is 1. The summed E-state index contributed by atoms with van der Waals surface area (Å²) in [4.78, 5) is 10.2. The lowest BCUT2D eigenvalue weighted by atomic mass is 9.89. The lowest BCUT2D eigenvalue weighted by molar-refractivity contribution is -0.142. The maximum atomic E-state index is 13.8. The second-order valence-electron chi connectivity index (χ2n) is 5.51. The number of carboxylic acids is 1. The van der Waals surface area contributed by atoms with Crippen molar-refractivity contribution in [3.63, 3.8) is 0 Å². The fraction of sp³-hybridized carbons (Fsp3) is 0.462. The van der Waals surface area contributed by atoms with Crippen molar-refractivity contribution >= 4 is 16.0 Å². The van der Waals surface area contributed by atoms with Crippen molar-refractivity contribution in [2.75, 3.05) is 0 Å². The van der Waals surface area contributed by atoms with E-state index < -0.39 is 56.3 Å². The minimum atomic E-state index is -4.42. The number of benzene rings is 1. The van der Waals surface area contributed by atoms with Gasteiger partial charge in [0.05, 0.1) is 5.92 Å². The summed E-state index contributed by atoms with van der Waals surface area (Å²) in [5.41, 5.74) is 0.